The third kappa shape index (κ3) is 2.33. The summed E-state index contributed by atoms with van der Waals surface area (Å²) in [6, 6.07) is 4.86. The number of nitrogens with zero attached hydrogens (tertiary/aromatic N) is 1. The molecular formula is C10H8BrFINO. The van der Waals surface area contributed by atoms with E-state index in [1.807, 2.05) is 22.6 Å². The van der Waals surface area contributed by atoms with Gasteiger partial charge in [0.1, 0.15) is 5.82 Å². The zero-order valence-electron chi connectivity index (χ0n) is 7.71. The van der Waals surface area contributed by atoms with Crippen molar-refractivity contribution in [3.8, 4) is 0 Å². The summed E-state index contributed by atoms with van der Waals surface area (Å²) < 4.78 is 13.9. The van der Waals surface area contributed by atoms with Crippen molar-refractivity contribution in [3.05, 3.63) is 27.6 Å². The quantitative estimate of drug-likeness (QED) is 0.539. The lowest BCUT2D eigenvalue weighted by atomic mass is 10.3. The number of hydrogen-bond acceptors (Lipinski definition) is 1. The van der Waals surface area contributed by atoms with Gasteiger partial charge in [-0.25, -0.2) is 4.39 Å². The predicted octanol–water partition coefficient (Wildman–Crippen LogP) is 2.93. The molecule has 80 valence electrons. The topological polar surface area (TPSA) is 20.3 Å². The van der Waals surface area contributed by atoms with Crippen LogP contribution in [-0.4, -0.2) is 17.3 Å². The minimum Gasteiger partial charge on any atom is -0.311 e. The summed E-state index contributed by atoms with van der Waals surface area (Å²) in [7, 11) is 0. The molecule has 1 aromatic carbocycles. The molecule has 0 saturated carbocycles. The molecule has 1 aliphatic rings. The van der Waals surface area contributed by atoms with E-state index in [2.05, 4.69) is 15.9 Å². The monoisotopic (exact) mass is 383 g/mol. The summed E-state index contributed by atoms with van der Waals surface area (Å²) >= 11 is 5.32. The molecule has 0 aromatic heterocycles. The van der Waals surface area contributed by atoms with E-state index in [-0.39, 0.29) is 16.6 Å². The Bertz CT molecular complexity index is 412. The molecule has 0 N–H and O–H groups in total. The van der Waals surface area contributed by atoms with Crippen LogP contribution in [0.25, 0.3) is 0 Å². The molecule has 5 heteroatoms. The van der Waals surface area contributed by atoms with E-state index in [0.717, 1.165) is 0 Å². The van der Waals surface area contributed by atoms with Crippen LogP contribution in [0, 0.1) is 9.39 Å². The minimum atomic E-state index is -0.279. The number of alkyl halides is 1. The van der Waals surface area contributed by atoms with Gasteiger partial charge in [-0.3, -0.25) is 4.79 Å². The summed E-state index contributed by atoms with van der Waals surface area (Å²) in [5.74, 6) is -0.239. The van der Waals surface area contributed by atoms with Gasteiger partial charge < -0.3 is 4.90 Å². The lowest BCUT2D eigenvalue weighted by Gasteiger charge is -2.16. The Hall–Kier alpha value is -0.170. The van der Waals surface area contributed by atoms with Crippen molar-refractivity contribution in [2.45, 2.75) is 11.2 Å². The first-order chi connectivity index (χ1) is 7.08. The zero-order chi connectivity index (χ0) is 11.0. The molecule has 2 nitrogen and oxygen atoms in total. The van der Waals surface area contributed by atoms with Gasteiger partial charge in [0.05, 0.1) is 0 Å². The number of hydrogen-bond donors (Lipinski definition) is 0. The zero-order valence-corrected chi connectivity index (χ0v) is 11.5. The van der Waals surface area contributed by atoms with Crippen LogP contribution in [0.5, 0.6) is 0 Å². The van der Waals surface area contributed by atoms with Crippen LogP contribution in [0.15, 0.2) is 18.2 Å². The fraction of sp³-hybridized carbons (Fsp3) is 0.300. The molecule has 0 spiro atoms. The van der Waals surface area contributed by atoms with Crippen molar-refractivity contribution < 1.29 is 9.18 Å². The molecule has 1 aliphatic heterocycles. The third-order valence-corrected chi connectivity index (χ3v) is 3.78. The van der Waals surface area contributed by atoms with E-state index >= 15 is 0 Å². The standard InChI is InChI=1S/C10H8BrFINO/c11-6-3-10(15)14(5-6)7-1-2-9(13)8(12)4-7/h1-2,4,6H,3,5H2. The molecule has 1 saturated heterocycles. The van der Waals surface area contributed by atoms with Gasteiger partial charge in [-0.15, -0.1) is 0 Å². The van der Waals surface area contributed by atoms with E-state index < -0.39 is 0 Å². The molecule has 1 atom stereocenters. The molecule has 15 heavy (non-hydrogen) atoms. The number of benzene rings is 1. The van der Waals surface area contributed by atoms with E-state index in [1.165, 1.54) is 6.07 Å². The van der Waals surface area contributed by atoms with Gasteiger partial charge in [-0.2, -0.15) is 0 Å². The molecule has 2 rings (SSSR count). The van der Waals surface area contributed by atoms with E-state index in [4.69, 9.17) is 0 Å². The highest BCUT2D eigenvalue weighted by molar-refractivity contribution is 14.1. The van der Waals surface area contributed by atoms with Gasteiger partial charge in [-0.1, -0.05) is 15.9 Å². The van der Waals surface area contributed by atoms with E-state index in [1.54, 1.807) is 17.0 Å². The van der Waals surface area contributed by atoms with Crippen molar-refractivity contribution >= 4 is 50.1 Å². The minimum absolute atomic E-state index is 0.0393. The Balaban J connectivity index is 2.30. The van der Waals surface area contributed by atoms with Crippen LogP contribution >= 0.6 is 38.5 Å². The van der Waals surface area contributed by atoms with Crippen LogP contribution in [0.1, 0.15) is 6.42 Å². The van der Waals surface area contributed by atoms with Crippen LogP contribution in [0.4, 0.5) is 10.1 Å². The van der Waals surface area contributed by atoms with E-state index in [0.29, 0.717) is 22.2 Å². The number of carbonyl (C=O) groups is 1. The maximum absolute atomic E-state index is 13.3. The van der Waals surface area contributed by atoms with Crippen molar-refractivity contribution in [3.63, 3.8) is 0 Å². The SMILES string of the molecule is O=C1CC(Br)CN1c1ccc(I)c(F)c1. The maximum Gasteiger partial charge on any atom is 0.228 e. The van der Waals surface area contributed by atoms with Crippen LogP contribution < -0.4 is 4.90 Å². The number of carbonyl (C=O) groups excluding carboxylic acids is 1. The van der Waals surface area contributed by atoms with Crippen molar-refractivity contribution in [1.29, 1.82) is 0 Å². The molecule has 0 radical (unpaired) electrons. The molecule has 1 aromatic rings. The third-order valence-electron chi connectivity index (χ3n) is 2.29. The summed E-state index contributed by atoms with van der Waals surface area (Å²) in [4.78, 5) is 13.3. The lowest BCUT2D eigenvalue weighted by Crippen LogP contribution is -2.24. The summed E-state index contributed by atoms with van der Waals surface area (Å²) in [6.45, 7) is 0.610. The van der Waals surface area contributed by atoms with Gasteiger partial charge in [0.2, 0.25) is 5.91 Å². The summed E-state index contributed by atoms with van der Waals surface area (Å²) in [6.07, 6.45) is 0.480. The molecule has 1 fully saturated rings. The first-order valence-electron chi connectivity index (χ1n) is 4.47. The number of rotatable bonds is 1. The largest absolute Gasteiger partial charge is 0.311 e. The molecule has 1 heterocycles. The lowest BCUT2D eigenvalue weighted by molar-refractivity contribution is -0.117. The van der Waals surface area contributed by atoms with Gasteiger partial charge in [0.15, 0.2) is 0 Å². The fourth-order valence-electron chi connectivity index (χ4n) is 1.57. The van der Waals surface area contributed by atoms with Crippen LogP contribution in [-0.2, 0) is 4.79 Å². The van der Waals surface area contributed by atoms with Crippen molar-refractivity contribution in [1.82, 2.24) is 0 Å². The molecular weight excluding hydrogens is 376 g/mol. The second-order valence-corrected chi connectivity index (χ2v) is 5.86. The molecule has 0 bridgehead atoms. The van der Waals surface area contributed by atoms with Gasteiger partial charge in [0, 0.05) is 27.1 Å². The number of amides is 1. The van der Waals surface area contributed by atoms with E-state index in [9.17, 15) is 9.18 Å². The number of anilines is 1. The molecule has 0 aliphatic carbocycles. The first-order valence-corrected chi connectivity index (χ1v) is 6.47. The predicted molar refractivity (Wildman–Crippen MR) is 68.8 cm³/mol. The Morgan fingerprint density at radius 3 is 2.80 bits per heavy atom. The number of halogens is 3. The molecule has 1 unspecified atom stereocenters. The maximum atomic E-state index is 13.3. The smallest absolute Gasteiger partial charge is 0.228 e. The average molecular weight is 384 g/mol. The van der Waals surface area contributed by atoms with Crippen molar-refractivity contribution in [2.75, 3.05) is 11.4 Å². The van der Waals surface area contributed by atoms with Crippen LogP contribution in [0.2, 0.25) is 0 Å². The highest BCUT2D eigenvalue weighted by Crippen LogP contribution is 2.26. The fourth-order valence-corrected chi connectivity index (χ4v) is 2.47. The first kappa shape index (κ1) is 11.3. The molecule has 1 amide bonds. The Morgan fingerprint density at radius 2 is 2.27 bits per heavy atom. The van der Waals surface area contributed by atoms with Gasteiger partial charge >= 0.3 is 0 Å². The summed E-state index contributed by atoms with van der Waals surface area (Å²) in [5, 5.41) is 0. The highest BCUT2D eigenvalue weighted by atomic mass is 127. The van der Waals surface area contributed by atoms with Gasteiger partial charge in [-0.05, 0) is 40.8 Å². The Morgan fingerprint density at radius 1 is 1.53 bits per heavy atom. The summed E-state index contributed by atoms with van der Waals surface area (Å²) in [5.41, 5.74) is 0.639. The normalized spacial score (nSPS) is 21.1. The Labute approximate surface area is 109 Å². The Kier molecular flexibility index (Phi) is 3.30. The second-order valence-electron chi connectivity index (χ2n) is 3.40. The average Bonchev–Trinajstić information content (AvgIpc) is 2.50. The second kappa shape index (κ2) is 4.37. The highest BCUT2D eigenvalue weighted by Gasteiger charge is 2.28. The van der Waals surface area contributed by atoms with Crippen molar-refractivity contribution in [2.24, 2.45) is 0 Å². The van der Waals surface area contributed by atoms with Gasteiger partial charge in [0.25, 0.3) is 0 Å². The van der Waals surface area contributed by atoms with Crippen LogP contribution in [0.3, 0.4) is 0 Å².